The van der Waals surface area contributed by atoms with Crippen LogP contribution in [-0.2, 0) is 14.8 Å². The summed E-state index contributed by atoms with van der Waals surface area (Å²) in [6.07, 6.45) is 1.66. The standard InChI is InChI=1S/C14H18ClNO4S/c1-9-10(15)5-3-6-11(9)21(19,20)16-12-7-4-8-14(12,2)13(17)18/h3,5-6,12,16H,4,7-8H2,1-2H3,(H,17,18). The van der Waals surface area contributed by atoms with Gasteiger partial charge >= 0.3 is 5.97 Å². The van der Waals surface area contributed by atoms with Crippen LogP contribution < -0.4 is 4.72 Å². The lowest BCUT2D eigenvalue weighted by Crippen LogP contribution is -2.47. The van der Waals surface area contributed by atoms with Crippen molar-refractivity contribution in [1.29, 1.82) is 0 Å². The number of hydrogen-bond donors (Lipinski definition) is 2. The molecule has 1 aliphatic rings. The van der Waals surface area contributed by atoms with E-state index in [1.807, 2.05) is 0 Å². The van der Waals surface area contributed by atoms with Crippen LogP contribution in [0.3, 0.4) is 0 Å². The van der Waals surface area contributed by atoms with Crippen molar-refractivity contribution >= 4 is 27.6 Å². The van der Waals surface area contributed by atoms with Crippen LogP contribution in [0, 0.1) is 12.3 Å². The predicted molar refractivity (Wildman–Crippen MR) is 79.9 cm³/mol. The number of halogens is 1. The van der Waals surface area contributed by atoms with Crippen molar-refractivity contribution in [2.75, 3.05) is 0 Å². The summed E-state index contributed by atoms with van der Waals surface area (Å²) in [5.41, 5.74) is -0.610. The molecule has 7 heteroatoms. The molecule has 1 aromatic rings. The Kier molecular flexibility index (Phi) is 4.33. The van der Waals surface area contributed by atoms with Crippen molar-refractivity contribution in [3.05, 3.63) is 28.8 Å². The Hall–Kier alpha value is -1.11. The molecule has 0 radical (unpaired) electrons. The molecule has 0 aromatic heterocycles. The summed E-state index contributed by atoms with van der Waals surface area (Å²) in [4.78, 5) is 11.5. The largest absolute Gasteiger partial charge is 0.481 e. The average molecular weight is 332 g/mol. The number of nitrogens with one attached hydrogen (secondary N) is 1. The first kappa shape index (κ1) is 16.3. The third-order valence-corrected chi connectivity index (χ3v) is 6.28. The van der Waals surface area contributed by atoms with Gasteiger partial charge in [-0.3, -0.25) is 4.79 Å². The molecule has 0 amide bonds. The van der Waals surface area contributed by atoms with Gasteiger partial charge in [-0.2, -0.15) is 0 Å². The molecule has 21 heavy (non-hydrogen) atoms. The molecule has 0 aliphatic heterocycles. The fraction of sp³-hybridized carbons (Fsp3) is 0.500. The van der Waals surface area contributed by atoms with E-state index in [-0.39, 0.29) is 4.90 Å². The Morgan fingerprint density at radius 3 is 2.76 bits per heavy atom. The molecule has 0 saturated heterocycles. The number of carboxylic acids is 1. The van der Waals surface area contributed by atoms with Gasteiger partial charge in [-0.25, -0.2) is 13.1 Å². The van der Waals surface area contributed by atoms with Crippen molar-refractivity contribution < 1.29 is 18.3 Å². The van der Waals surface area contributed by atoms with E-state index in [4.69, 9.17) is 11.6 Å². The molecule has 2 unspecified atom stereocenters. The van der Waals surface area contributed by atoms with Crippen LogP contribution in [0.15, 0.2) is 23.1 Å². The highest BCUT2D eigenvalue weighted by molar-refractivity contribution is 7.89. The van der Waals surface area contributed by atoms with E-state index >= 15 is 0 Å². The molecule has 5 nitrogen and oxygen atoms in total. The molecule has 2 rings (SSSR count). The van der Waals surface area contributed by atoms with Crippen LogP contribution in [0.4, 0.5) is 0 Å². The maximum atomic E-state index is 12.5. The molecule has 116 valence electrons. The molecule has 0 heterocycles. The molecule has 1 saturated carbocycles. The highest BCUT2D eigenvalue weighted by Crippen LogP contribution is 2.39. The zero-order chi connectivity index (χ0) is 15.8. The minimum atomic E-state index is -3.80. The van der Waals surface area contributed by atoms with Crippen LogP contribution in [-0.4, -0.2) is 25.5 Å². The summed E-state index contributed by atoms with van der Waals surface area (Å²) in [5.74, 6) is -0.976. The summed E-state index contributed by atoms with van der Waals surface area (Å²) < 4.78 is 27.6. The SMILES string of the molecule is Cc1c(Cl)cccc1S(=O)(=O)NC1CCCC1(C)C(=O)O. The Bertz CT molecular complexity index is 674. The number of aliphatic carboxylic acids is 1. The summed E-state index contributed by atoms with van der Waals surface area (Å²) in [7, 11) is -3.80. The quantitative estimate of drug-likeness (QED) is 0.888. The van der Waals surface area contributed by atoms with Gasteiger partial charge in [0.15, 0.2) is 0 Å². The van der Waals surface area contributed by atoms with Crippen molar-refractivity contribution in [2.45, 2.75) is 44.0 Å². The van der Waals surface area contributed by atoms with Gasteiger partial charge < -0.3 is 5.11 Å². The molecule has 1 aliphatic carbocycles. The van der Waals surface area contributed by atoms with Gasteiger partial charge in [-0.1, -0.05) is 24.1 Å². The van der Waals surface area contributed by atoms with E-state index in [9.17, 15) is 18.3 Å². The van der Waals surface area contributed by atoms with Gasteiger partial charge in [-0.15, -0.1) is 0 Å². The number of carbonyl (C=O) groups is 1. The molecule has 1 aromatic carbocycles. The van der Waals surface area contributed by atoms with E-state index in [0.29, 0.717) is 29.8 Å². The monoisotopic (exact) mass is 331 g/mol. The normalized spacial score (nSPS) is 26.0. The molecule has 0 bridgehead atoms. The summed E-state index contributed by atoms with van der Waals surface area (Å²) in [6.45, 7) is 3.21. The van der Waals surface area contributed by atoms with Gasteiger partial charge in [-0.05, 0) is 44.4 Å². The first-order valence-corrected chi connectivity index (χ1v) is 8.55. The fourth-order valence-electron chi connectivity index (χ4n) is 2.74. The third kappa shape index (κ3) is 2.93. The summed E-state index contributed by atoms with van der Waals surface area (Å²) >= 11 is 5.96. The average Bonchev–Trinajstić information content (AvgIpc) is 2.75. The molecule has 0 spiro atoms. The van der Waals surface area contributed by atoms with Crippen LogP contribution in [0.2, 0.25) is 5.02 Å². The van der Waals surface area contributed by atoms with Crippen molar-refractivity contribution in [3.63, 3.8) is 0 Å². The zero-order valence-corrected chi connectivity index (χ0v) is 13.5. The van der Waals surface area contributed by atoms with Gasteiger partial charge in [0, 0.05) is 11.1 Å². The molecule has 2 N–H and O–H groups in total. The van der Waals surface area contributed by atoms with E-state index in [1.165, 1.54) is 6.07 Å². The Balaban J connectivity index is 2.34. The third-order valence-electron chi connectivity index (χ3n) is 4.25. The second kappa shape index (κ2) is 5.59. The lowest BCUT2D eigenvalue weighted by Gasteiger charge is -2.27. The second-order valence-electron chi connectivity index (χ2n) is 5.65. The minimum absolute atomic E-state index is 0.0923. The zero-order valence-electron chi connectivity index (χ0n) is 11.9. The van der Waals surface area contributed by atoms with Gasteiger partial charge in [0.25, 0.3) is 0 Å². The topological polar surface area (TPSA) is 83.5 Å². The number of carboxylic acid groups (broad SMARTS) is 1. The lowest BCUT2D eigenvalue weighted by atomic mass is 9.85. The number of rotatable bonds is 4. The first-order valence-electron chi connectivity index (χ1n) is 6.69. The highest BCUT2D eigenvalue weighted by atomic mass is 35.5. The van der Waals surface area contributed by atoms with E-state index < -0.39 is 27.4 Å². The second-order valence-corrected chi connectivity index (χ2v) is 7.74. The molecule has 1 fully saturated rings. The fourth-order valence-corrected chi connectivity index (χ4v) is 4.62. The van der Waals surface area contributed by atoms with Crippen LogP contribution in [0.1, 0.15) is 31.7 Å². The Morgan fingerprint density at radius 2 is 2.14 bits per heavy atom. The van der Waals surface area contributed by atoms with Gasteiger partial charge in [0.05, 0.1) is 10.3 Å². The van der Waals surface area contributed by atoms with Gasteiger partial charge in [0.2, 0.25) is 10.0 Å². The minimum Gasteiger partial charge on any atom is -0.481 e. The van der Waals surface area contributed by atoms with Crippen molar-refractivity contribution in [3.8, 4) is 0 Å². The smallest absolute Gasteiger partial charge is 0.310 e. The van der Waals surface area contributed by atoms with Crippen LogP contribution in [0.25, 0.3) is 0 Å². The highest BCUT2D eigenvalue weighted by Gasteiger charge is 2.47. The molecular formula is C14H18ClNO4S. The predicted octanol–water partition coefficient (Wildman–Crippen LogP) is 2.57. The number of sulfonamides is 1. The molecule has 2 atom stereocenters. The van der Waals surface area contributed by atoms with Crippen LogP contribution >= 0.6 is 11.6 Å². The van der Waals surface area contributed by atoms with E-state index in [2.05, 4.69) is 4.72 Å². The van der Waals surface area contributed by atoms with Crippen LogP contribution in [0.5, 0.6) is 0 Å². The Labute approximate surface area is 129 Å². The molecular weight excluding hydrogens is 314 g/mol. The van der Waals surface area contributed by atoms with E-state index in [0.717, 1.165) is 0 Å². The maximum Gasteiger partial charge on any atom is 0.310 e. The lowest BCUT2D eigenvalue weighted by molar-refractivity contribution is -0.148. The van der Waals surface area contributed by atoms with Gasteiger partial charge in [0.1, 0.15) is 0 Å². The summed E-state index contributed by atoms with van der Waals surface area (Å²) in [6, 6.07) is 4.04. The number of benzene rings is 1. The van der Waals surface area contributed by atoms with E-state index in [1.54, 1.807) is 26.0 Å². The van der Waals surface area contributed by atoms with Crippen molar-refractivity contribution in [2.24, 2.45) is 5.41 Å². The maximum absolute atomic E-state index is 12.5. The van der Waals surface area contributed by atoms with Crippen molar-refractivity contribution in [1.82, 2.24) is 4.72 Å². The number of hydrogen-bond acceptors (Lipinski definition) is 3. The summed E-state index contributed by atoms with van der Waals surface area (Å²) in [5, 5.41) is 9.72. The first-order chi connectivity index (χ1) is 9.68. The Morgan fingerprint density at radius 1 is 1.48 bits per heavy atom.